The molecule has 0 heterocycles. The van der Waals surface area contributed by atoms with Gasteiger partial charge >= 0.3 is 0 Å². The lowest BCUT2D eigenvalue weighted by atomic mass is 9.81. The molecule has 1 fully saturated rings. The van der Waals surface area contributed by atoms with Crippen LogP contribution in [0.3, 0.4) is 0 Å². The fourth-order valence-corrected chi connectivity index (χ4v) is 6.10. The van der Waals surface area contributed by atoms with Crippen LogP contribution in [-0.2, 0) is 24.1 Å². The lowest BCUT2D eigenvalue weighted by Crippen LogP contribution is -2.21. The van der Waals surface area contributed by atoms with Crippen LogP contribution < -0.4 is 0 Å². The van der Waals surface area contributed by atoms with Crippen molar-refractivity contribution in [1.29, 1.82) is 0 Å². The van der Waals surface area contributed by atoms with E-state index in [2.05, 4.69) is 56.3 Å². The smallest absolute Gasteiger partial charge is 0.229 e. The highest BCUT2D eigenvalue weighted by Crippen LogP contribution is 2.72. The summed E-state index contributed by atoms with van der Waals surface area (Å²) < 4.78 is 0.195. The van der Waals surface area contributed by atoms with E-state index in [9.17, 15) is 4.79 Å². The highest BCUT2D eigenvalue weighted by atomic mass is 35.5. The van der Waals surface area contributed by atoms with Crippen molar-refractivity contribution in [3.05, 3.63) is 69.7 Å². The van der Waals surface area contributed by atoms with Gasteiger partial charge in [-0.2, -0.15) is 0 Å². The Hall–Kier alpha value is -1.28. The second kappa shape index (κ2) is 7.76. The largest absolute Gasteiger partial charge is 0.281 e. The molecular weight excluding hydrogens is 423 g/mol. The van der Waals surface area contributed by atoms with Gasteiger partial charge in [-0.3, -0.25) is 4.79 Å². The summed E-state index contributed by atoms with van der Waals surface area (Å²) in [6.45, 7) is 4.15. The van der Waals surface area contributed by atoms with E-state index < -0.39 is 5.41 Å². The fourth-order valence-electron chi connectivity index (χ4n) is 5.42. The molecule has 2 aromatic rings. The molecule has 2 aromatic carbocycles. The molecule has 0 amide bonds. The monoisotopic (exact) mass is 446 g/mol. The minimum absolute atomic E-state index is 0.0679. The quantitative estimate of drug-likeness (QED) is 0.443. The summed E-state index contributed by atoms with van der Waals surface area (Å²) in [5, 5.41) is -0.304. The SMILES string of the molecule is CC1(C)[C@@H](C=C(Cl)Cl)[C@@]1(Cc1cccc2c1CCCCc1ccccc1-2)C(=O)Cl. The van der Waals surface area contributed by atoms with Gasteiger partial charge < -0.3 is 0 Å². The Morgan fingerprint density at radius 3 is 2.41 bits per heavy atom. The highest BCUT2D eigenvalue weighted by molar-refractivity contribution is 6.65. The predicted octanol–water partition coefficient (Wildman–Crippen LogP) is 7.50. The molecule has 2 aliphatic rings. The molecule has 29 heavy (non-hydrogen) atoms. The zero-order valence-corrected chi connectivity index (χ0v) is 19.0. The van der Waals surface area contributed by atoms with Crippen LogP contribution in [0.2, 0.25) is 0 Å². The van der Waals surface area contributed by atoms with Crippen molar-refractivity contribution in [1.82, 2.24) is 0 Å². The van der Waals surface area contributed by atoms with E-state index in [0.717, 1.165) is 19.3 Å². The number of hydrogen-bond acceptors (Lipinski definition) is 1. The zero-order chi connectivity index (χ0) is 20.8. The minimum Gasteiger partial charge on any atom is -0.281 e. The third kappa shape index (κ3) is 3.46. The summed E-state index contributed by atoms with van der Waals surface area (Å²) in [4.78, 5) is 12.7. The number of fused-ring (bicyclic) bond motifs is 3. The van der Waals surface area contributed by atoms with E-state index in [4.69, 9.17) is 34.8 Å². The van der Waals surface area contributed by atoms with Crippen LogP contribution in [0.1, 0.15) is 43.4 Å². The number of hydrogen-bond donors (Lipinski definition) is 0. The Bertz CT molecular complexity index is 987. The molecule has 2 aliphatic carbocycles. The first-order chi connectivity index (χ1) is 13.8. The predicted molar refractivity (Wildman–Crippen MR) is 123 cm³/mol. The Balaban J connectivity index is 1.81. The second-order valence-electron chi connectivity index (χ2n) is 8.89. The third-order valence-corrected chi connectivity index (χ3v) is 7.78. The molecule has 0 radical (unpaired) electrons. The Morgan fingerprint density at radius 2 is 1.69 bits per heavy atom. The van der Waals surface area contributed by atoms with Gasteiger partial charge in [0.1, 0.15) is 4.49 Å². The van der Waals surface area contributed by atoms with E-state index in [1.54, 1.807) is 6.08 Å². The number of rotatable bonds is 4. The van der Waals surface area contributed by atoms with Crippen molar-refractivity contribution in [2.24, 2.45) is 16.7 Å². The van der Waals surface area contributed by atoms with Crippen molar-refractivity contribution < 1.29 is 4.79 Å². The Kier molecular flexibility index (Phi) is 5.61. The van der Waals surface area contributed by atoms with Gasteiger partial charge in [0.15, 0.2) is 0 Å². The molecule has 0 saturated heterocycles. The van der Waals surface area contributed by atoms with Crippen LogP contribution in [0, 0.1) is 16.7 Å². The number of carbonyl (C=O) groups is 1. The third-order valence-electron chi connectivity index (χ3n) is 7.19. The number of benzene rings is 2. The molecule has 0 N–H and O–H groups in total. The Labute approximate surface area is 188 Å². The summed E-state index contributed by atoms with van der Waals surface area (Å²) in [7, 11) is 0. The van der Waals surface area contributed by atoms with Gasteiger partial charge in [-0.1, -0.05) is 79.5 Å². The summed E-state index contributed by atoms with van der Waals surface area (Å²) >= 11 is 18.1. The molecule has 152 valence electrons. The zero-order valence-electron chi connectivity index (χ0n) is 16.8. The van der Waals surface area contributed by atoms with Gasteiger partial charge in [-0.05, 0) is 83.0 Å². The first-order valence-corrected chi connectivity index (χ1v) is 11.3. The second-order valence-corrected chi connectivity index (χ2v) is 10.2. The minimum atomic E-state index is -0.680. The highest BCUT2D eigenvalue weighted by Gasteiger charge is 2.73. The van der Waals surface area contributed by atoms with Crippen LogP contribution in [0.5, 0.6) is 0 Å². The molecule has 2 atom stereocenters. The summed E-state index contributed by atoms with van der Waals surface area (Å²) in [6, 6.07) is 15.1. The van der Waals surface area contributed by atoms with Crippen LogP contribution in [0.4, 0.5) is 0 Å². The molecule has 0 bridgehead atoms. The van der Waals surface area contributed by atoms with Gasteiger partial charge in [0.05, 0.1) is 5.41 Å². The van der Waals surface area contributed by atoms with E-state index in [1.165, 1.54) is 34.2 Å². The molecule has 1 saturated carbocycles. The van der Waals surface area contributed by atoms with Gasteiger partial charge in [0, 0.05) is 5.92 Å². The molecular formula is C25H25Cl3O. The summed E-state index contributed by atoms with van der Waals surface area (Å²) in [5.41, 5.74) is 5.59. The molecule has 0 unspecified atom stereocenters. The van der Waals surface area contributed by atoms with Crippen molar-refractivity contribution >= 4 is 40.0 Å². The molecule has 0 spiro atoms. The van der Waals surface area contributed by atoms with Crippen molar-refractivity contribution in [3.8, 4) is 11.1 Å². The average Bonchev–Trinajstić information content (AvgIpc) is 3.11. The molecule has 0 aliphatic heterocycles. The number of halogens is 3. The maximum Gasteiger partial charge on any atom is 0.229 e. The first-order valence-electron chi connectivity index (χ1n) is 10.2. The number of aryl methyl sites for hydroxylation is 1. The first kappa shape index (κ1) is 21.0. The molecule has 4 rings (SSSR count). The maximum atomic E-state index is 12.7. The number of carbonyl (C=O) groups excluding carboxylic acids is 1. The lowest BCUT2D eigenvalue weighted by Gasteiger charge is -2.23. The van der Waals surface area contributed by atoms with Gasteiger partial charge in [0.25, 0.3) is 0 Å². The number of allylic oxidation sites excluding steroid dienone is 1. The van der Waals surface area contributed by atoms with Crippen LogP contribution in [0.25, 0.3) is 11.1 Å². The van der Waals surface area contributed by atoms with Crippen molar-refractivity contribution in [2.75, 3.05) is 0 Å². The fraction of sp³-hybridized carbons (Fsp3) is 0.400. The normalized spacial score (nSPS) is 24.5. The summed E-state index contributed by atoms with van der Waals surface area (Å²) in [5.74, 6) is -0.0679. The van der Waals surface area contributed by atoms with Gasteiger partial charge in [-0.25, -0.2) is 0 Å². The lowest BCUT2D eigenvalue weighted by molar-refractivity contribution is -0.117. The van der Waals surface area contributed by atoms with Crippen molar-refractivity contribution in [3.63, 3.8) is 0 Å². The van der Waals surface area contributed by atoms with E-state index in [0.29, 0.717) is 6.42 Å². The maximum absolute atomic E-state index is 12.7. The standard InChI is InChI=1S/C25H25Cl3O/c1-24(2)21(14-22(26)27)25(24,23(28)29)15-17-10-7-13-20-18-11-5-3-8-16(18)9-4-6-12-19(17)20/h3,5,7-8,10-11,13-14,21H,4,6,9,12,15H2,1-2H3/t21-,25+/m1/s1. The topological polar surface area (TPSA) is 17.1 Å². The van der Waals surface area contributed by atoms with E-state index in [-0.39, 0.29) is 21.1 Å². The van der Waals surface area contributed by atoms with Gasteiger partial charge in [0.2, 0.25) is 5.24 Å². The van der Waals surface area contributed by atoms with Crippen LogP contribution >= 0.6 is 34.8 Å². The van der Waals surface area contributed by atoms with E-state index >= 15 is 0 Å². The molecule has 0 aromatic heterocycles. The van der Waals surface area contributed by atoms with E-state index in [1.807, 2.05) is 0 Å². The molecule has 1 nitrogen and oxygen atoms in total. The Morgan fingerprint density at radius 1 is 1.00 bits per heavy atom. The van der Waals surface area contributed by atoms with Crippen LogP contribution in [0.15, 0.2) is 53.0 Å². The van der Waals surface area contributed by atoms with Crippen LogP contribution in [-0.4, -0.2) is 5.24 Å². The molecule has 4 heteroatoms. The van der Waals surface area contributed by atoms with Gasteiger partial charge in [-0.15, -0.1) is 0 Å². The summed E-state index contributed by atoms with van der Waals surface area (Å²) in [6.07, 6.45) is 6.83. The van der Waals surface area contributed by atoms with Crippen molar-refractivity contribution in [2.45, 2.75) is 46.0 Å². The average molecular weight is 448 g/mol.